The van der Waals surface area contributed by atoms with Crippen LogP contribution in [0, 0.1) is 0 Å². The zero-order valence-corrected chi connectivity index (χ0v) is 17.0. The SMILES string of the molecule is O=C(CCC(=O)N1CCc2noc(-c3ccc(Cl)cc3)c2C1)c1ccc(Cl)cc1. The van der Waals surface area contributed by atoms with Gasteiger partial charge in [0.2, 0.25) is 5.91 Å². The Labute approximate surface area is 178 Å². The molecular formula is C22H18Cl2N2O3. The van der Waals surface area contributed by atoms with Gasteiger partial charge in [0.1, 0.15) is 0 Å². The second-order valence-corrected chi connectivity index (χ2v) is 7.81. The maximum absolute atomic E-state index is 12.7. The average Bonchev–Trinajstić information content (AvgIpc) is 3.16. The number of carbonyl (C=O) groups excluding carboxylic acids is 2. The van der Waals surface area contributed by atoms with Gasteiger partial charge >= 0.3 is 0 Å². The lowest BCUT2D eigenvalue weighted by Crippen LogP contribution is -2.36. The van der Waals surface area contributed by atoms with Gasteiger partial charge < -0.3 is 9.42 Å². The van der Waals surface area contributed by atoms with Crippen LogP contribution in [0.5, 0.6) is 0 Å². The molecule has 1 aromatic heterocycles. The minimum absolute atomic E-state index is 0.0544. The summed E-state index contributed by atoms with van der Waals surface area (Å²) in [5.74, 6) is 0.534. The van der Waals surface area contributed by atoms with Crippen molar-refractivity contribution in [2.75, 3.05) is 6.54 Å². The van der Waals surface area contributed by atoms with Gasteiger partial charge in [-0.3, -0.25) is 9.59 Å². The molecule has 0 spiro atoms. The molecule has 0 unspecified atom stereocenters. The number of halogens is 2. The molecule has 0 saturated carbocycles. The van der Waals surface area contributed by atoms with Gasteiger partial charge in [-0.25, -0.2) is 0 Å². The molecule has 0 saturated heterocycles. The predicted octanol–water partition coefficient (Wildman–Crippen LogP) is 5.20. The first kappa shape index (κ1) is 19.7. The number of aromatic nitrogens is 1. The number of benzene rings is 2. The van der Waals surface area contributed by atoms with E-state index in [0.29, 0.717) is 40.9 Å². The van der Waals surface area contributed by atoms with Crippen molar-refractivity contribution in [3.8, 4) is 11.3 Å². The Morgan fingerprint density at radius 1 is 0.966 bits per heavy atom. The van der Waals surface area contributed by atoms with Crippen LogP contribution in [0.3, 0.4) is 0 Å². The molecule has 1 amide bonds. The van der Waals surface area contributed by atoms with Crippen LogP contribution in [0.25, 0.3) is 11.3 Å². The highest BCUT2D eigenvalue weighted by Gasteiger charge is 2.27. The summed E-state index contributed by atoms with van der Waals surface area (Å²) < 4.78 is 5.54. The highest BCUT2D eigenvalue weighted by Crippen LogP contribution is 2.31. The molecule has 2 aromatic carbocycles. The van der Waals surface area contributed by atoms with Gasteiger partial charge in [-0.05, 0) is 48.5 Å². The molecule has 1 aliphatic rings. The summed E-state index contributed by atoms with van der Waals surface area (Å²) in [6.07, 6.45) is 0.957. The van der Waals surface area contributed by atoms with Crippen LogP contribution in [0.1, 0.15) is 34.5 Å². The molecular weight excluding hydrogens is 411 g/mol. The van der Waals surface area contributed by atoms with Gasteiger partial charge in [0, 0.05) is 52.5 Å². The topological polar surface area (TPSA) is 63.4 Å². The molecule has 2 heterocycles. The zero-order chi connectivity index (χ0) is 20.4. The van der Waals surface area contributed by atoms with Crippen molar-refractivity contribution in [1.29, 1.82) is 0 Å². The minimum Gasteiger partial charge on any atom is -0.356 e. The number of carbonyl (C=O) groups is 2. The number of hydrogen-bond acceptors (Lipinski definition) is 4. The molecule has 1 aliphatic heterocycles. The maximum Gasteiger partial charge on any atom is 0.223 e. The number of Topliss-reactive ketones (excluding diaryl/α,β-unsaturated/α-hetero) is 1. The Hall–Kier alpha value is -2.63. The highest BCUT2D eigenvalue weighted by atomic mass is 35.5. The quantitative estimate of drug-likeness (QED) is 0.524. The summed E-state index contributed by atoms with van der Waals surface area (Å²) in [6, 6.07) is 14.0. The van der Waals surface area contributed by atoms with Crippen LogP contribution < -0.4 is 0 Å². The Morgan fingerprint density at radius 3 is 2.31 bits per heavy atom. The van der Waals surface area contributed by atoms with Crippen molar-refractivity contribution in [3.05, 3.63) is 75.4 Å². The van der Waals surface area contributed by atoms with Crippen molar-refractivity contribution < 1.29 is 14.1 Å². The fourth-order valence-electron chi connectivity index (χ4n) is 3.41. The second kappa shape index (κ2) is 8.39. The van der Waals surface area contributed by atoms with E-state index in [1.165, 1.54) is 0 Å². The maximum atomic E-state index is 12.7. The summed E-state index contributed by atoms with van der Waals surface area (Å²) in [7, 11) is 0. The van der Waals surface area contributed by atoms with E-state index >= 15 is 0 Å². The van der Waals surface area contributed by atoms with E-state index in [0.717, 1.165) is 16.8 Å². The van der Waals surface area contributed by atoms with Gasteiger partial charge in [0.05, 0.1) is 12.2 Å². The first-order chi connectivity index (χ1) is 14.0. The third-order valence-corrected chi connectivity index (χ3v) is 5.53. The molecule has 0 fully saturated rings. The van der Waals surface area contributed by atoms with Gasteiger partial charge in [-0.1, -0.05) is 28.4 Å². The molecule has 0 bridgehead atoms. The number of fused-ring (bicyclic) bond motifs is 1. The smallest absolute Gasteiger partial charge is 0.223 e. The monoisotopic (exact) mass is 428 g/mol. The van der Waals surface area contributed by atoms with Gasteiger partial charge in [0.15, 0.2) is 11.5 Å². The molecule has 29 heavy (non-hydrogen) atoms. The van der Waals surface area contributed by atoms with E-state index in [1.807, 2.05) is 12.1 Å². The lowest BCUT2D eigenvalue weighted by atomic mass is 10.0. The summed E-state index contributed by atoms with van der Waals surface area (Å²) in [4.78, 5) is 26.8. The van der Waals surface area contributed by atoms with Crippen LogP contribution in [-0.2, 0) is 17.8 Å². The van der Waals surface area contributed by atoms with Gasteiger partial charge in [-0.15, -0.1) is 0 Å². The minimum atomic E-state index is -0.0699. The summed E-state index contributed by atoms with van der Waals surface area (Å²) in [6.45, 7) is 0.984. The predicted molar refractivity (Wildman–Crippen MR) is 111 cm³/mol. The lowest BCUT2D eigenvalue weighted by molar-refractivity contribution is -0.132. The Balaban J connectivity index is 1.42. The van der Waals surface area contributed by atoms with E-state index in [-0.39, 0.29) is 24.5 Å². The Morgan fingerprint density at radius 2 is 1.62 bits per heavy atom. The summed E-state index contributed by atoms with van der Waals surface area (Å²) in [5, 5.41) is 5.38. The number of rotatable bonds is 5. The normalized spacial score (nSPS) is 13.2. The third-order valence-electron chi connectivity index (χ3n) is 5.03. The standard InChI is InChI=1S/C22H18Cl2N2O3/c23-16-5-1-14(2-6-16)20(27)9-10-21(28)26-12-11-19-18(13-26)22(29-25-19)15-3-7-17(24)8-4-15/h1-8H,9-13H2. The number of ketones is 1. The van der Waals surface area contributed by atoms with Crippen LogP contribution >= 0.6 is 23.2 Å². The van der Waals surface area contributed by atoms with Crippen LogP contribution in [0.15, 0.2) is 53.1 Å². The Bertz CT molecular complexity index is 1040. The van der Waals surface area contributed by atoms with Crippen molar-refractivity contribution in [1.82, 2.24) is 10.1 Å². The summed E-state index contributed by atoms with van der Waals surface area (Å²) >= 11 is 11.8. The molecule has 0 radical (unpaired) electrons. The fraction of sp³-hybridized carbons (Fsp3) is 0.227. The van der Waals surface area contributed by atoms with Crippen molar-refractivity contribution in [2.45, 2.75) is 25.8 Å². The molecule has 3 aromatic rings. The highest BCUT2D eigenvalue weighted by molar-refractivity contribution is 6.31. The molecule has 7 heteroatoms. The van der Waals surface area contributed by atoms with Crippen LogP contribution in [0.2, 0.25) is 10.0 Å². The van der Waals surface area contributed by atoms with E-state index < -0.39 is 0 Å². The molecule has 0 N–H and O–H groups in total. The molecule has 4 rings (SSSR count). The van der Waals surface area contributed by atoms with Gasteiger partial charge in [0.25, 0.3) is 0 Å². The van der Waals surface area contributed by atoms with E-state index in [2.05, 4.69) is 5.16 Å². The molecule has 0 atom stereocenters. The number of nitrogens with zero attached hydrogens (tertiary/aromatic N) is 2. The first-order valence-electron chi connectivity index (χ1n) is 9.31. The Kier molecular flexibility index (Phi) is 5.69. The number of amides is 1. The van der Waals surface area contributed by atoms with Gasteiger partial charge in [-0.2, -0.15) is 0 Å². The van der Waals surface area contributed by atoms with Crippen LogP contribution in [-0.4, -0.2) is 28.3 Å². The molecule has 5 nitrogen and oxygen atoms in total. The van der Waals surface area contributed by atoms with Crippen molar-refractivity contribution in [3.63, 3.8) is 0 Å². The van der Waals surface area contributed by atoms with E-state index in [9.17, 15) is 9.59 Å². The van der Waals surface area contributed by atoms with E-state index in [1.54, 1.807) is 41.3 Å². The van der Waals surface area contributed by atoms with Crippen molar-refractivity contribution in [2.24, 2.45) is 0 Å². The van der Waals surface area contributed by atoms with Crippen LogP contribution in [0.4, 0.5) is 0 Å². The average molecular weight is 429 g/mol. The molecule has 0 aliphatic carbocycles. The van der Waals surface area contributed by atoms with E-state index in [4.69, 9.17) is 27.7 Å². The summed E-state index contributed by atoms with van der Waals surface area (Å²) in [5.41, 5.74) is 3.22. The second-order valence-electron chi connectivity index (χ2n) is 6.94. The largest absolute Gasteiger partial charge is 0.356 e. The fourth-order valence-corrected chi connectivity index (χ4v) is 3.66. The first-order valence-corrected chi connectivity index (χ1v) is 10.1. The lowest BCUT2D eigenvalue weighted by Gasteiger charge is -2.26. The van der Waals surface area contributed by atoms with Crippen molar-refractivity contribution >= 4 is 34.9 Å². The third kappa shape index (κ3) is 4.36. The molecule has 148 valence electrons. The number of hydrogen-bond donors (Lipinski definition) is 0. The zero-order valence-electron chi connectivity index (χ0n) is 15.5.